The third-order valence-electron chi connectivity index (χ3n) is 5.52. The number of hydrogen-bond acceptors (Lipinski definition) is 4. The van der Waals surface area contributed by atoms with Gasteiger partial charge in [0.05, 0.1) is 17.2 Å². The number of carbonyl (C=O) groups excluding carboxylic acids is 1. The minimum absolute atomic E-state index is 0. The molecule has 2 N–H and O–H groups in total. The molecule has 1 aliphatic rings. The number of rotatable bonds is 5. The first-order chi connectivity index (χ1) is 14.7. The summed E-state index contributed by atoms with van der Waals surface area (Å²) in [5.41, 5.74) is 0.645. The second-order valence-electron chi connectivity index (χ2n) is 7.98. The van der Waals surface area contributed by atoms with Crippen molar-refractivity contribution in [2.24, 2.45) is 0 Å². The zero-order valence-corrected chi connectivity index (χ0v) is 20.5. The fourth-order valence-corrected chi connectivity index (χ4v) is 3.76. The van der Waals surface area contributed by atoms with E-state index in [0.717, 1.165) is 37.4 Å². The molecular formula is C23H29F3N4OS2. The molecule has 180 valence electrons. The molecule has 0 aliphatic heterocycles. The van der Waals surface area contributed by atoms with E-state index in [2.05, 4.69) is 10.6 Å². The lowest BCUT2D eigenvalue weighted by Gasteiger charge is -2.30. The highest BCUT2D eigenvalue weighted by atomic mass is 32.1. The van der Waals surface area contributed by atoms with Crippen LogP contribution in [0, 0.1) is 11.3 Å². The Labute approximate surface area is 206 Å². The summed E-state index contributed by atoms with van der Waals surface area (Å²) in [5, 5.41) is 15.1. The topological polar surface area (TPSA) is 68.2 Å². The standard InChI is InChI=1S/C23H25F3N4O.2H2S/c1-30(2)20-11-4-15(5-12-20)22(31)29-18-9-7-17(8-10-18)28-19-6-3-16(14-27)21(13-19)23(24,25)26;;/h3-6,11-13,17-18,28H,7-10H2,1-2H3,(H,29,31);2*1H2. The van der Waals surface area contributed by atoms with Gasteiger partial charge in [-0.3, -0.25) is 4.79 Å². The Morgan fingerprint density at radius 3 is 2.09 bits per heavy atom. The van der Waals surface area contributed by atoms with Crippen LogP contribution in [0.3, 0.4) is 0 Å². The summed E-state index contributed by atoms with van der Waals surface area (Å²) in [5.74, 6) is -0.122. The number of nitrogens with one attached hydrogen (secondary N) is 2. The highest BCUT2D eigenvalue weighted by Gasteiger charge is 2.34. The second-order valence-corrected chi connectivity index (χ2v) is 7.98. The van der Waals surface area contributed by atoms with Gasteiger partial charge in [-0.15, -0.1) is 0 Å². The minimum atomic E-state index is -4.57. The fourth-order valence-electron chi connectivity index (χ4n) is 3.76. The van der Waals surface area contributed by atoms with Crippen LogP contribution in [0.25, 0.3) is 0 Å². The van der Waals surface area contributed by atoms with E-state index in [9.17, 15) is 18.0 Å². The van der Waals surface area contributed by atoms with Gasteiger partial charge in [0.15, 0.2) is 0 Å². The van der Waals surface area contributed by atoms with Gasteiger partial charge in [-0.1, -0.05) is 0 Å². The van der Waals surface area contributed by atoms with Crippen LogP contribution in [0.5, 0.6) is 0 Å². The average Bonchev–Trinajstić information content (AvgIpc) is 2.74. The first-order valence-corrected chi connectivity index (χ1v) is 10.1. The van der Waals surface area contributed by atoms with Gasteiger partial charge < -0.3 is 15.5 Å². The van der Waals surface area contributed by atoms with Crippen LogP contribution in [0.15, 0.2) is 42.5 Å². The molecular weight excluding hydrogens is 469 g/mol. The summed E-state index contributed by atoms with van der Waals surface area (Å²) in [6.45, 7) is 0. The Hall–Kier alpha value is -2.51. The summed E-state index contributed by atoms with van der Waals surface area (Å²) in [6, 6.07) is 12.7. The van der Waals surface area contributed by atoms with E-state index < -0.39 is 11.7 Å². The maximum atomic E-state index is 13.1. The molecule has 0 atom stereocenters. The molecule has 0 unspecified atom stereocenters. The number of carbonyl (C=O) groups is 1. The number of amides is 1. The van der Waals surface area contributed by atoms with E-state index >= 15 is 0 Å². The summed E-state index contributed by atoms with van der Waals surface area (Å²) in [7, 11) is 3.87. The Bertz CT molecular complexity index is 967. The first-order valence-electron chi connectivity index (χ1n) is 10.1. The van der Waals surface area contributed by atoms with Crippen LogP contribution in [-0.2, 0) is 6.18 Å². The molecule has 1 fully saturated rings. The first kappa shape index (κ1) is 28.5. The van der Waals surface area contributed by atoms with Gasteiger partial charge in [-0.25, -0.2) is 0 Å². The van der Waals surface area contributed by atoms with Crippen molar-refractivity contribution in [3.05, 3.63) is 59.2 Å². The SMILES string of the molecule is CN(C)c1ccc(C(=O)NC2CCC(Nc3ccc(C#N)c(C(F)(F)F)c3)CC2)cc1.S.S. The molecule has 0 aromatic heterocycles. The van der Waals surface area contributed by atoms with Gasteiger partial charge >= 0.3 is 6.18 Å². The highest BCUT2D eigenvalue weighted by molar-refractivity contribution is 7.59. The minimum Gasteiger partial charge on any atom is -0.382 e. The van der Waals surface area contributed by atoms with Gasteiger partial charge in [0.25, 0.3) is 5.91 Å². The lowest BCUT2D eigenvalue weighted by Crippen LogP contribution is -2.40. The molecule has 5 nitrogen and oxygen atoms in total. The van der Waals surface area contributed by atoms with Crippen LogP contribution in [-0.4, -0.2) is 32.1 Å². The predicted molar refractivity (Wildman–Crippen MR) is 135 cm³/mol. The Morgan fingerprint density at radius 2 is 1.58 bits per heavy atom. The molecule has 0 saturated heterocycles. The van der Waals surface area contributed by atoms with Crippen molar-refractivity contribution >= 4 is 44.3 Å². The van der Waals surface area contributed by atoms with Gasteiger partial charge in [0, 0.05) is 43.1 Å². The third kappa shape index (κ3) is 7.51. The normalized spacial score (nSPS) is 17.6. The molecule has 2 aromatic carbocycles. The molecule has 3 rings (SSSR count). The van der Waals surface area contributed by atoms with Crippen molar-refractivity contribution in [3.63, 3.8) is 0 Å². The number of alkyl halides is 3. The number of halogens is 3. The van der Waals surface area contributed by atoms with E-state index in [0.29, 0.717) is 11.3 Å². The van der Waals surface area contributed by atoms with Crippen molar-refractivity contribution in [3.8, 4) is 6.07 Å². The monoisotopic (exact) mass is 498 g/mol. The molecule has 1 saturated carbocycles. The Kier molecular flexibility index (Phi) is 10.5. The Balaban J connectivity index is 0.00000272. The number of anilines is 2. The molecule has 10 heteroatoms. The zero-order chi connectivity index (χ0) is 22.6. The maximum Gasteiger partial charge on any atom is 0.417 e. The van der Waals surface area contributed by atoms with Crippen molar-refractivity contribution in [1.29, 1.82) is 5.26 Å². The number of benzene rings is 2. The lowest BCUT2D eigenvalue weighted by molar-refractivity contribution is -0.137. The predicted octanol–water partition coefficient (Wildman–Crippen LogP) is 5.02. The quantitative estimate of drug-likeness (QED) is 0.607. The molecule has 0 heterocycles. The molecule has 0 spiro atoms. The van der Waals surface area contributed by atoms with Crippen molar-refractivity contribution < 1.29 is 18.0 Å². The molecule has 1 amide bonds. The van der Waals surface area contributed by atoms with Crippen LogP contribution in [0.4, 0.5) is 24.5 Å². The largest absolute Gasteiger partial charge is 0.417 e. The number of nitrogens with zero attached hydrogens (tertiary/aromatic N) is 2. The van der Waals surface area contributed by atoms with Crippen molar-refractivity contribution in [2.45, 2.75) is 43.9 Å². The van der Waals surface area contributed by atoms with Crippen molar-refractivity contribution in [2.75, 3.05) is 24.3 Å². The second kappa shape index (κ2) is 12.1. The molecule has 0 bridgehead atoms. The van der Waals surface area contributed by atoms with Gasteiger partial charge in [0.1, 0.15) is 0 Å². The molecule has 0 radical (unpaired) electrons. The molecule has 1 aliphatic carbocycles. The summed E-state index contributed by atoms with van der Waals surface area (Å²) < 4.78 is 39.4. The maximum absolute atomic E-state index is 13.1. The summed E-state index contributed by atoms with van der Waals surface area (Å²) in [6.07, 6.45) is -1.64. The van der Waals surface area contributed by atoms with E-state index in [1.807, 2.05) is 31.1 Å². The van der Waals surface area contributed by atoms with Crippen LogP contribution in [0.2, 0.25) is 0 Å². The fraction of sp³-hybridized carbons (Fsp3) is 0.391. The number of nitriles is 1. The van der Waals surface area contributed by atoms with Gasteiger partial charge in [-0.05, 0) is 68.1 Å². The van der Waals surface area contributed by atoms with Gasteiger partial charge in [-0.2, -0.15) is 45.4 Å². The number of hydrogen-bond donors (Lipinski definition) is 2. The smallest absolute Gasteiger partial charge is 0.382 e. The molecule has 33 heavy (non-hydrogen) atoms. The summed E-state index contributed by atoms with van der Waals surface area (Å²) >= 11 is 0. The highest BCUT2D eigenvalue weighted by Crippen LogP contribution is 2.34. The average molecular weight is 499 g/mol. The van der Waals surface area contributed by atoms with E-state index in [1.165, 1.54) is 12.1 Å². The van der Waals surface area contributed by atoms with Crippen LogP contribution >= 0.6 is 27.0 Å². The van der Waals surface area contributed by atoms with Crippen LogP contribution in [0.1, 0.15) is 47.2 Å². The summed E-state index contributed by atoms with van der Waals surface area (Å²) in [4.78, 5) is 14.4. The molecule has 2 aromatic rings. The van der Waals surface area contributed by atoms with Crippen molar-refractivity contribution in [1.82, 2.24) is 5.32 Å². The van der Waals surface area contributed by atoms with E-state index in [1.54, 1.807) is 18.2 Å². The van der Waals surface area contributed by atoms with E-state index in [4.69, 9.17) is 5.26 Å². The van der Waals surface area contributed by atoms with Gasteiger partial charge in [0.2, 0.25) is 0 Å². The lowest BCUT2D eigenvalue weighted by atomic mass is 9.90. The third-order valence-corrected chi connectivity index (χ3v) is 5.52. The zero-order valence-electron chi connectivity index (χ0n) is 18.5. The van der Waals surface area contributed by atoms with E-state index in [-0.39, 0.29) is 50.5 Å². The Morgan fingerprint density at radius 1 is 1.00 bits per heavy atom. The van der Waals surface area contributed by atoms with Crippen LogP contribution < -0.4 is 15.5 Å².